The van der Waals surface area contributed by atoms with E-state index in [2.05, 4.69) is 9.46 Å². The van der Waals surface area contributed by atoms with Crippen molar-refractivity contribution in [2.75, 3.05) is 7.11 Å². The van der Waals surface area contributed by atoms with Gasteiger partial charge in [-0.25, -0.2) is 8.42 Å². The quantitative estimate of drug-likeness (QED) is 0.765. The monoisotopic (exact) mass is 393 g/mol. The van der Waals surface area contributed by atoms with Crippen LogP contribution >= 0.6 is 34.5 Å². The van der Waals surface area contributed by atoms with E-state index in [1.54, 1.807) is 24.3 Å². The average molecular weight is 394 g/mol. The van der Waals surface area contributed by atoms with Gasteiger partial charge in [0.1, 0.15) is 15.3 Å². The third-order valence-electron chi connectivity index (χ3n) is 2.98. The van der Waals surface area contributed by atoms with Crippen LogP contribution in [0.25, 0.3) is 0 Å². The van der Waals surface area contributed by atoms with Gasteiger partial charge in [-0.05, 0) is 18.1 Å². The normalized spacial score (nSPS) is 12.8. The maximum atomic E-state index is 12.4. The molecule has 9 heteroatoms. The summed E-state index contributed by atoms with van der Waals surface area (Å²) in [6, 6.07) is 9.18. The summed E-state index contributed by atoms with van der Waals surface area (Å²) in [5.74, 6) is -0.685. The molecule has 0 aliphatic carbocycles. The van der Waals surface area contributed by atoms with Gasteiger partial charge in [0.05, 0.1) is 11.4 Å². The fourth-order valence-corrected chi connectivity index (χ4v) is 5.26. The number of carbonyl (C=O) groups excluding carboxylic acids is 1. The van der Waals surface area contributed by atoms with Crippen molar-refractivity contribution in [3.8, 4) is 0 Å². The van der Waals surface area contributed by atoms with Gasteiger partial charge in [0.25, 0.3) is 0 Å². The first-order chi connectivity index (χ1) is 10.8. The standard InChI is InChI=1S/C14H13Cl2NO4S2/c1-21-14(18)10(7-9-5-3-2-4-6-9)17-23(19,20)11-8-12(15)22-13(11)16/h2-6,8,10,17H,7H2,1H3. The van der Waals surface area contributed by atoms with Crippen LogP contribution in [0.5, 0.6) is 0 Å². The largest absolute Gasteiger partial charge is 0.468 e. The number of ether oxygens (including phenoxy) is 1. The first-order valence-electron chi connectivity index (χ1n) is 6.42. The van der Waals surface area contributed by atoms with Crippen LogP contribution in [0.4, 0.5) is 0 Å². The molecule has 2 aromatic rings. The maximum absolute atomic E-state index is 12.4. The summed E-state index contributed by atoms with van der Waals surface area (Å²) in [6.45, 7) is 0. The molecule has 1 N–H and O–H groups in total. The lowest BCUT2D eigenvalue weighted by Crippen LogP contribution is -2.42. The summed E-state index contributed by atoms with van der Waals surface area (Å²) in [5.41, 5.74) is 0.792. The number of thiophene rings is 1. The molecular formula is C14H13Cl2NO4S2. The number of halogens is 2. The van der Waals surface area contributed by atoms with Gasteiger partial charge < -0.3 is 4.74 Å². The lowest BCUT2D eigenvalue weighted by atomic mass is 10.1. The van der Waals surface area contributed by atoms with E-state index in [0.717, 1.165) is 16.9 Å². The van der Waals surface area contributed by atoms with E-state index in [1.807, 2.05) is 6.07 Å². The van der Waals surface area contributed by atoms with Crippen molar-refractivity contribution >= 4 is 50.5 Å². The van der Waals surface area contributed by atoms with Gasteiger partial charge in [-0.15, -0.1) is 11.3 Å². The fraction of sp³-hybridized carbons (Fsp3) is 0.214. The van der Waals surface area contributed by atoms with E-state index in [-0.39, 0.29) is 20.0 Å². The number of esters is 1. The summed E-state index contributed by atoms with van der Waals surface area (Å²) in [5, 5.41) is 0. The fourth-order valence-electron chi connectivity index (χ4n) is 1.92. The Kier molecular flexibility index (Phi) is 6.05. The molecule has 0 bridgehead atoms. The third kappa shape index (κ3) is 4.68. The van der Waals surface area contributed by atoms with E-state index in [4.69, 9.17) is 23.2 Å². The molecule has 23 heavy (non-hydrogen) atoms. The number of benzene rings is 1. The molecule has 1 unspecified atom stereocenters. The predicted molar refractivity (Wildman–Crippen MR) is 90.6 cm³/mol. The Morgan fingerprint density at radius 3 is 2.48 bits per heavy atom. The second-order valence-corrected chi connectivity index (χ2v) is 8.54. The van der Waals surface area contributed by atoms with Crippen molar-refractivity contribution in [2.45, 2.75) is 17.4 Å². The zero-order chi connectivity index (χ0) is 17.0. The van der Waals surface area contributed by atoms with Crippen molar-refractivity contribution < 1.29 is 17.9 Å². The van der Waals surface area contributed by atoms with Crippen LogP contribution in [0, 0.1) is 0 Å². The molecule has 0 aliphatic heterocycles. The molecule has 0 spiro atoms. The Balaban J connectivity index is 2.27. The maximum Gasteiger partial charge on any atom is 0.324 e. The van der Waals surface area contributed by atoms with Crippen LogP contribution in [0.15, 0.2) is 41.3 Å². The van der Waals surface area contributed by atoms with E-state index < -0.39 is 22.0 Å². The summed E-state index contributed by atoms with van der Waals surface area (Å²) in [6.07, 6.45) is 0.155. The zero-order valence-electron chi connectivity index (χ0n) is 12.0. The Morgan fingerprint density at radius 2 is 1.96 bits per heavy atom. The predicted octanol–water partition coefficient (Wildman–Crippen LogP) is 3.12. The van der Waals surface area contributed by atoms with E-state index in [1.165, 1.54) is 13.2 Å². The van der Waals surface area contributed by atoms with Crippen LogP contribution in [0.1, 0.15) is 5.56 Å². The van der Waals surface area contributed by atoms with Crippen molar-refractivity contribution in [3.05, 3.63) is 50.6 Å². The van der Waals surface area contributed by atoms with E-state index in [0.29, 0.717) is 0 Å². The van der Waals surface area contributed by atoms with Crippen molar-refractivity contribution in [1.29, 1.82) is 0 Å². The topological polar surface area (TPSA) is 72.5 Å². The number of nitrogens with one attached hydrogen (secondary N) is 1. The van der Waals surface area contributed by atoms with Crippen LogP contribution in [-0.4, -0.2) is 27.5 Å². The minimum atomic E-state index is -4.00. The number of sulfonamides is 1. The second kappa shape index (κ2) is 7.63. The molecule has 2 rings (SSSR count). The third-order valence-corrected chi connectivity index (χ3v) is 6.21. The average Bonchev–Trinajstić information content (AvgIpc) is 2.86. The van der Waals surface area contributed by atoms with Gasteiger partial charge in [0, 0.05) is 0 Å². The highest BCUT2D eigenvalue weighted by Gasteiger charge is 2.29. The van der Waals surface area contributed by atoms with Crippen LogP contribution in [0.2, 0.25) is 8.67 Å². The first-order valence-corrected chi connectivity index (χ1v) is 9.48. The molecule has 0 fully saturated rings. The molecule has 0 aliphatic rings. The minimum absolute atomic E-state index is 0.0332. The lowest BCUT2D eigenvalue weighted by Gasteiger charge is -2.16. The van der Waals surface area contributed by atoms with Crippen molar-refractivity contribution in [1.82, 2.24) is 4.72 Å². The van der Waals surface area contributed by atoms with Gasteiger partial charge in [-0.1, -0.05) is 53.5 Å². The molecule has 0 saturated carbocycles. The number of carbonyl (C=O) groups is 1. The lowest BCUT2D eigenvalue weighted by molar-refractivity contribution is -0.142. The molecule has 0 radical (unpaired) electrons. The van der Waals surface area contributed by atoms with Crippen LogP contribution in [-0.2, 0) is 26.0 Å². The highest BCUT2D eigenvalue weighted by Crippen LogP contribution is 2.34. The van der Waals surface area contributed by atoms with Crippen LogP contribution < -0.4 is 4.72 Å². The second-order valence-electron chi connectivity index (χ2n) is 4.58. The summed E-state index contributed by atoms with van der Waals surface area (Å²) >= 11 is 12.6. The molecule has 124 valence electrons. The number of rotatable bonds is 6. The zero-order valence-corrected chi connectivity index (χ0v) is 15.1. The Labute approximate surface area is 148 Å². The summed E-state index contributed by atoms with van der Waals surface area (Å²) < 4.78 is 32.1. The highest BCUT2D eigenvalue weighted by atomic mass is 35.5. The van der Waals surface area contributed by atoms with Gasteiger partial charge in [0.15, 0.2) is 0 Å². The molecule has 0 amide bonds. The minimum Gasteiger partial charge on any atom is -0.468 e. The van der Waals surface area contributed by atoms with Crippen molar-refractivity contribution in [3.63, 3.8) is 0 Å². The molecule has 1 aromatic heterocycles. The molecule has 1 heterocycles. The molecule has 1 atom stereocenters. The van der Waals surface area contributed by atoms with Crippen molar-refractivity contribution in [2.24, 2.45) is 0 Å². The van der Waals surface area contributed by atoms with Gasteiger partial charge >= 0.3 is 5.97 Å². The molecular weight excluding hydrogens is 381 g/mol. The molecule has 1 aromatic carbocycles. The summed E-state index contributed by atoms with van der Waals surface area (Å²) in [7, 11) is -2.80. The Bertz CT molecular complexity index is 790. The van der Waals surface area contributed by atoms with Crippen LogP contribution in [0.3, 0.4) is 0 Å². The van der Waals surface area contributed by atoms with Gasteiger partial charge in [0.2, 0.25) is 10.0 Å². The van der Waals surface area contributed by atoms with Gasteiger partial charge in [-0.3, -0.25) is 4.79 Å². The first kappa shape index (κ1) is 18.2. The number of hydrogen-bond acceptors (Lipinski definition) is 5. The van der Waals surface area contributed by atoms with Gasteiger partial charge in [-0.2, -0.15) is 4.72 Å². The Morgan fingerprint density at radius 1 is 1.30 bits per heavy atom. The van der Waals surface area contributed by atoms with E-state index in [9.17, 15) is 13.2 Å². The number of hydrogen-bond donors (Lipinski definition) is 1. The highest BCUT2D eigenvalue weighted by molar-refractivity contribution is 7.89. The Hall–Kier alpha value is -1.12. The number of methoxy groups -OCH3 is 1. The molecule has 0 saturated heterocycles. The smallest absolute Gasteiger partial charge is 0.324 e. The SMILES string of the molecule is COC(=O)C(Cc1ccccc1)NS(=O)(=O)c1cc(Cl)sc1Cl. The van der Waals surface area contributed by atoms with E-state index >= 15 is 0 Å². The molecule has 5 nitrogen and oxygen atoms in total. The summed E-state index contributed by atoms with van der Waals surface area (Å²) in [4.78, 5) is 11.8.